The van der Waals surface area contributed by atoms with E-state index in [1.54, 1.807) is 24.3 Å². The van der Waals surface area contributed by atoms with Gasteiger partial charge in [-0.3, -0.25) is 14.4 Å². The Balaban J connectivity index is 1.66. The zero-order valence-electron chi connectivity index (χ0n) is 14.8. The van der Waals surface area contributed by atoms with Gasteiger partial charge in [-0.15, -0.1) is 0 Å². The average Bonchev–Trinajstić information content (AvgIpc) is 2.65. The van der Waals surface area contributed by atoms with Gasteiger partial charge >= 0.3 is 5.97 Å². The van der Waals surface area contributed by atoms with Crippen molar-refractivity contribution < 1.29 is 23.9 Å². The van der Waals surface area contributed by atoms with Crippen molar-refractivity contribution in [1.82, 2.24) is 0 Å². The molecule has 0 saturated heterocycles. The van der Waals surface area contributed by atoms with Crippen molar-refractivity contribution in [3.05, 3.63) is 83.6 Å². The third-order valence-electron chi connectivity index (χ3n) is 3.96. The first-order valence-electron chi connectivity index (χ1n) is 8.45. The van der Waals surface area contributed by atoms with Crippen LogP contribution in [0.3, 0.4) is 0 Å². The van der Waals surface area contributed by atoms with Crippen molar-refractivity contribution in [3.63, 3.8) is 0 Å². The summed E-state index contributed by atoms with van der Waals surface area (Å²) in [6, 6.07) is 17.0. The summed E-state index contributed by atoms with van der Waals surface area (Å²) in [6.07, 6.45) is 3.92. The fourth-order valence-electron chi connectivity index (χ4n) is 2.63. The van der Waals surface area contributed by atoms with Crippen LogP contribution in [0.15, 0.2) is 72.5 Å². The zero-order valence-corrected chi connectivity index (χ0v) is 14.8. The second-order valence-electron chi connectivity index (χ2n) is 6.09. The molecule has 1 aliphatic heterocycles. The summed E-state index contributed by atoms with van der Waals surface area (Å²) >= 11 is 0. The number of carbonyl (C=O) groups excluding carboxylic acids is 3. The number of carbonyl (C=O) groups is 3. The van der Waals surface area contributed by atoms with E-state index >= 15 is 0 Å². The molecule has 2 aromatic rings. The fourth-order valence-corrected chi connectivity index (χ4v) is 2.63. The number of benzene rings is 2. The van der Waals surface area contributed by atoms with E-state index in [1.807, 2.05) is 36.4 Å². The molecule has 1 heterocycles. The molecule has 0 amide bonds. The van der Waals surface area contributed by atoms with Gasteiger partial charge in [-0.2, -0.15) is 0 Å². The van der Waals surface area contributed by atoms with Crippen LogP contribution in [0.2, 0.25) is 0 Å². The molecule has 0 bridgehead atoms. The molecule has 0 radical (unpaired) electrons. The lowest BCUT2D eigenvalue weighted by Gasteiger charge is -2.15. The number of hydrogen-bond donors (Lipinski definition) is 0. The minimum Gasteiger partial charge on any atom is -0.489 e. The predicted octanol–water partition coefficient (Wildman–Crippen LogP) is 3.49. The van der Waals surface area contributed by atoms with Crippen molar-refractivity contribution in [3.8, 4) is 5.75 Å². The lowest BCUT2D eigenvalue weighted by atomic mass is 9.96. The molecule has 5 heteroatoms. The number of rotatable bonds is 6. The smallest absolute Gasteiger partial charge is 0.329 e. The van der Waals surface area contributed by atoms with Crippen molar-refractivity contribution in [2.75, 3.05) is 0 Å². The minimum atomic E-state index is -1.43. The first-order chi connectivity index (χ1) is 13.0. The van der Waals surface area contributed by atoms with Crippen molar-refractivity contribution in [2.45, 2.75) is 13.5 Å². The molecule has 0 saturated carbocycles. The largest absolute Gasteiger partial charge is 0.489 e. The van der Waals surface area contributed by atoms with E-state index in [2.05, 4.69) is 0 Å². The van der Waals surface area contributed by atoms with Crippen molar-refractivity contribution in [1.29, 1.82) is 0 Å². The van der Waals surface area contributed by atoms with Gasteiger partial charge in [-0.05, 0) is 36.3 Å². The van der Waals surface area contributed by atoms with E-state index in [0.29, 0.717) is 12.4 Å². The maximum Gasteiger partial charge on any atom is 0.329 e. The minimum absolute atomic E-state index is 0.196. The standard InChI is InChI=1S/C22H18O5/c1-15-12-20(24)21(22(25)27-15)19(23)11-10-16-8-5-9-18(13-16)26-14-17-6-3-2-4-7-17/h2-13,21H,14H2,1H3/b11-10+/t21-/m0/s1. The third-order valence-corrected chi connectivity index (χ3v) is 3.96. The number of ether oxygens (including phenoxy) is 2. The van der Waals surface area contributed by atoms with E-state index in [4.69, 9.17) is 9.47 Å². The van der Waals surface area contributed by atoms with Crippen molar-refractivity contribution in [2.24, 2.45) is 5.92 Å². The Bertz CT molecular complexity index is 925. The van der Waals surface area contributed by atoms with Gasteiger partial charge in [0.15, 0.2) is 17.5 Å². The van der Waals surface area contributed by atoms with Gasteiger partial charge in [0.1, 0.15) is 18.1 Å². The highest BCUT2D eigenvalue weighted by Crippen LogP contribution is 2.19. The van der Waals surface area contributed by atoms with Crippen LogP contribution in [-0.4, -0.2) is 17.5 Å². The molecule has 0 spiro atoms. The molecule has 136 valence electrons. The van der Waals surface area contributed by atoms with E-state index < -0.39 is 23.5 Å². The molecule has 0 fully saturated rings. The van der Waals surface area contributed by atoms with E-state index in [9.17, 15) is 14.4 Å². The number of esters is 1. The molecule has 0 N–H and O–H groups in total. The Kier molecular flexibility index (Phi) is 5.61. The molecule has 0 aromatic heterocycles. The predicted molar refractivity (Wildman–Crippen MR) is 99.6 cm³/mol. The summed E-state index contributed by atoms with van der Waals surface area (Å²) in [5, 5.41) is 0. The maximum absolute atomic E-state index is 12.2. The van der Waals surface area contributed by atoms with E-state index in [0.717, 1.165) is 17.2 Å². The lowest BCUT2D eigenvalue weighted by molar-refractivity contribution is -0.151. The zero-order chi connectivity index (χ0) is 19.2. The Morgan fingerprint density at radius 2 is 1.89 bits per heavy atom. The van der Waals surface area contributed by atoms with Gasteiger partial charge in [0.2, 0.25) is 0 Å². The lowest BCUT2D eigenvalue weighted by Crippen LogP contribution is -2.34. The van der Waals surface area contributed by atoms with Crippen LogP contribution >= 0.6 is 0 Å². The van der Waals surface area contributed by atoms with Crippen LogP contribution in [0.5, 0.6) is 5.75 Å². The van der Waals surface area contributed by atoms with Crippen molar-refractivity contribution >= 4 is 23.6 Å². The molecule has 2 aromatic carbocycles. The second-order valence-corrected chi connectivity index (χ2v) is 6.09. The fraction of sp³-hybridized carbons (Fsp3) is 0.136. The Morgan fingerprint density at radius 3 is 2.63 bits per heavy atom. The van der Waals surface area contributed by atoms with Crippen LogP contribution < -0.4 is 4.74 Å². The molecule has 1 atom stereocenters. The highest BCUT2D eigenvalue weighted by molar-refractivity contribution is 6.25. The monoisotopic (exact) mass is 362 g/mol. The molecule has 27 heavy (non-hydrogen) atoms. The van der Waals surface area contributed by atoms with Gasteiger partial charge in [0.05, 0.1) is 0 Å². The molecular formula is C22H18O5. The Labute approximate surface area is 156 Å². The molecule has 1 aliphatic rings. The Morgan fingerprint density at radius 1 is 1.11 bits per heavy atom. The summed E-state index contributed by atoms with van der Waals surface area (Å²) in [7, 11) is 0. The van der Waals surface area contributed by atoms with Crippen LogP contribution in [0.1, 0.15) is 18.1 Å². The van der Waals surface area contributed by atoms with Crippen LogP contribution in [0.25, 0.3) is 6.08 Å². The summed E-state index contributed by atoms with van der Waals surface area (Å²) in [6.45, 7) is 1.92. The normalized spacial score (nSPS) is 16.8. The first-order valence-corrected chi connectivity index (χ1v) is 8.45. The summed E-state index contributed by atoms with van der Waals surface area (Å²) in [5.41, 5.74) is 1.77. The molecule has 3 rings (SSSR count). The SMILES string of the molecule is CC1=CC(=O)[C@H](C(=O)/C=C/c2cccc(OCc3ccccc3)c2)C(=O)O1. The summed E-state index contributed by atoms with van der Waals surface area (Å²) < 4.78 is 10.6. The summed E-state index contributed by atoms with van der Waals surface area (Å²) in [4.78, 5) is 35.9. The first kappa shape index (κ1) is 18.3. The molecule has 5 nitrogen and oxygen atoms in total. The molecule has 0 unspecified atom stereocenters. The topological polar surface area (TPSA) is 69.7 Å². The summed E-state index contributed by atoms with van der Waals surface area (Å²) in [5.74, 6) is -2.58. The van der Waals surface area contributed by atoms with Crippen LogP contribution in [-0.2, 0) is 25.7 Å². The third kappa shape index (κ3) is 4.79. The number of cyclic esters (lactones) is 1. The van der Waals surface area contributed by atoms with E-state index in [-0.39, 0.29) is 5.76 Å². The maximum atomic E-state index is 12.2. The van der Waals surface area contributed by atoms with Crippen LogP contribution in [0.4, 0.5) is 0 Å². The molecule has 0 aliphatic carbocycles. The van der Waals surface area contributed by atoms with Crippen LogP contribution in [0, 0.1) is 5.92 Å². The van der Waals surface area contributed by atoms with Gasteiger partial charge < -0.3 is 9.47 Å². The average molecular weight is 362 g/mol. The van der Waals surface area contributed by atoms with Gasteiger partial charge in [-0.1, -0.05) is 48.5 Å². The van der Waals surface area contributed by atoms with Gasteiger partial charge in [0.25, 0.3) is 0 Å². The number of ketones is 2. The van der Waals surface area contributed by atoms with E-state index in [1.165, 1.54) is 13.0 Å². The molecular weight excluding hydrogens is 344 g/mol. The number of allylic oxidation sites excluding steroid dienone is 3. The second kappa shape index (κ2) is 8.27. The van der Waals surface area contributed by atoms with Gasteiger partial charge in [-0.25, -0.2) is 0 Å². The quantitative estimate of drug-likeness (QED) is 0.447. The number of hydrogen-bond acceptors (Lipinski definition) is 5. The Hall–Kier alpha value is -3.47. The van der Waals surface area contributed by atoms with Gasteiger partial charge in [0, 0.05) is 6.08 Å². The highest BCUT2D eigenvalue weighted by atomic mass is 16.5. The highest BCUT2D eigenvalue weighted by Gasteiger charge is 2.36.